The van der Waals surface area contributed by atoms with Crippen molar-refractivity contribution in [3.05, 3.63) is 95.8 Å². The molecule has 3 atom stereocenters. The topological polar surface area (TPSA) is 174 Å². The Labute approximate surface area is 336 Å². The van der Waals surface area contributed by atoms with Crippen LogP contribution in [0.25, 0.3) is 22.3 Å². The minimum Gasteiger partial charge on any atom is -0.457 e. The summed E-state index contributed by atoms with van der Waals surface area (Å²) in [6.45, 7) is 4.77. The van der Waals surface area contributed by atoms with Crippen LogP contribution in [0.15, 0.2) is 79.1 Å². The Morgan fingerprint density at radius 3 is 2.41 bits per heavy atom. The average molecular weight is 781 g/mol. The van der Waals surface area contributed by atoms with E-state index in [9.17, 15) is 19.2 Å². The molecule has 3 amide bonds. The largest absolute Gasteiger partial charge is 0.457 e. The Morgan fingerprint density at radius 1 is 0.914 bits per heavy atom. The maximum atomic E-state index is 13.2. The lowest BCUT2D eigenvalue weighted by atomic mass is 9.67. The Balaban J connectivity index is 0.796. The molecule has 4 aliphatic rings. The number of fused-ring (bicyclic) bond motifs is 1. The fourth-order valence-electron chi connectivity index (χ4n) is 9.85. The van der Waals surface area contributed by atoms with Crippen molar-refractivity contribution in [3.63, 3.8) is 0 Å². The Bertz CT molecular complexity index is 2380. The molecule has 2 aliphatic heterocycles. The molecule has 298 valence electrons. The number of nitrogens with zero attached hydrogens (tertiary/aromatic N) is 5. The molecule has 0 radical (unpaired) electrons. The number of hydrogen-bond donors (Lipinski definition) is 3. The van der Waals surface area contributed by atoms with E-state index < -0.39 is 17.9 Å². The third-order valence-corrected chi connectivity index (χ3v) is 12.8. The molecule has 1 spiro atoms. The van der Waals surface area contributed by atoms with Crippen LogP contribution in [0.4, 0.5) is 5.82 Å². The number of carbonyl (C=O) groups excluding carboxylic acids is 4. The van der Waals surface area contributed by atoms with Gasteiger partial charge in [-0.3, -0.25) is 24.5 Å². The molecule has 0 bridgehead atoms. The molecule has 3 aromatic carbocycles. The summed E-state index contributed by atoms with van der Waals surface area (Å²) >= 11 is 0. The number of carbonyl (C=O) groups is 4. The van der Waals surface area contributed by atoms with Crippen molar-refractivity contribution < 1.29 is 23.9 Å². The maximum absolute atomic E-state index is 13.2. The molecular weight excluding hydrogens is 733 g/mol. The number of nitrogen functional groups attached to an aromatic ring is 1. The van der Waals surface area contributed by atoms with E-state index in [0.717, 1.165) is 104 Å². The number of nitrogens with one attached hydrogen (secondary N) is 2. The molecule has 2 aromatic heterocycles. The number of imide groups is 1. The normalized spacial score (nSPS) is 22.1. The fraction of sp³-hybridized carbons (Fsp3) is 0.400. The van der Waals surface area contributed by atoms with Gasteiger partial charge >= 0.3 is 0 Å². The Kier molecular flexibility index (Phi) is 10.0. The van der Waals surface area contributed by atoms with E-state index in [1.54, 1.807) is 6.07 Å². The van der Waals surface area contributed by atoms with Crippen LogP contribution >= 0.6 is 0 Å². The summed E-state index contributed by atoms with van der Waals surface area (Å²) in [5, 5.41) is 10.9. The molecule has 2 unspecified atom stereocenters. The van der Waals surface area contributed by atoms with Crippen LogP contribution in [0, 0.1) is 11.3 Å². The zero-order valence-electron chi connectivity index (χ0n) is 32.7. The van der Waals surface area contributed by atoms with Gasteiger partial charge in [-0.1, -0.05) is 24.3 Å². The summed E-state index contributed by atoms with van der Waals surface area (Å²) < 4.78 is 8.10. The third kappa shape index (κ3) is 7.46. The van der Waals surface area contributed by atoms with Crippen molar-refractivity contribution in [2.45, 2.75) is 82.7 Å². The van der Waals surface area contributed by atoms with Crippen molar-refractivity contribution in [1.82, 2.24) is 35.3 Å². The maximum Gasteiger partial charge on any atom is 0.252 e. The van der Waals surface area contributed by atoms with Crippen LogP contribution in [0.5, 0.6) is 11.5 Å². The average Bonchev–Trinajstić information content (AvgIpc) is 3.85. The van der Waals surface area contributed by atoms with Crippen LogP contribution in [0.2, 0.25) is 0 Å². The van der Waals surface area contributed by atoms with E-state index in [1.165, 1.54) is 13.3 Å². The predicted octanol–water partition coefficient (Wildman–Crippen LogP) is 6.61. The molecule has 4 heterocycles. The van der Waals surface area contributed by atoms with Crippen molar-refractivity contribution in [1.29, 1.82) is 0 Å². The number of ketones is 1. The van der Waals surface area contributed by atoms with E-state index in [-0.39, 0.29) is 36.1 Å². The quantitative estimate of drug-likeness (QED) is 0.103. The first-order chi connectivity index (χ1) is 28.1. The van der Waals surface area contributed by atoms with Crippen molar-refractivity contribution in [2.24, 2.45) is 11.3 Å². The lowest BCUT2D eigenvalue weighted by molar-refractivity contribution is -0.134. The van der Waals surface area contributed by atoms with Gasteiger partial charge in [0.25, 0.3) is 5.91 Å². The van der Waals surface area contributed by atoms with Crippen LogP contribution in [0.1, 0.15) is 103 Å². The minimum atomic E-state index is -0.799. The molecule has 4 fully saturated rings. The standard InChI is InChI=1S/C45H48N8O5/c1-27(54)36-22-31(11-14-35(36)43(56)49-37-15-16-38(55)50-44(37)57)30-8-7-28(21-30)23-52-24-45(25-52)19-17-32(18-20-45)53-42-39(41(46)47-26-48-42)40(51-53)29-9-12-34(13-10-29)58-33-5-3-2-4-6-33/h2-6,9-14,22,26,28,30,32,37H,7-8,15-21,23-25H2,1H3,(H,49,56)(H2,46,47,48)(H,50,55,57)/t28?,30?,37-/m0/s1. The lowest BCUT2D eigenvalue weighted by Gasteiger charge is -2.54. The highest BCUT2D eigenvalue weighted by Crippen LogP contribution is 2.49. The summed E-state index contributed by atoms with van der Waals surface area (Å²) in [5.41, 5.74) is 11.0. The summed E-state index contributed by atoms with van der Waals surface area (Å²) in [6, 6.07) is 22.6. The zero-order chi connectivity index (χ0) is 40.0. The van der Waals surface area contributed by atoms with Gasteiger partial charge in [0.05, 0.1) is 17.0 Å². The van der Waals surface area contributed by atoms with E-state index >= 15 is 0 Å². The second kappa shape index (κ2) is 15.4. The number of hydrogen-bond acceptors (Lipinski definition) is 10. The van der Waals surface area contributed by atoms with Crippen molar-refractivity contribution in [2.75, 3.05) is 25.4 Å². The molecule has 2 aliphatic carbocycles. The number of piperidine rings is 1. The number of amides is 3. The summed E-state index contributed by atoms with van der Waals surface area (Å²) in [6.07, 6.45) is 9.50. The zero-order valence-corrected chi connectivity index (χ0v) is 32.7. The van der Waals surface area contributed by atoms with Gasteiger partial charge in [-0.05, 0) is 130 Å². The van der Waals surface area contributed by atoms with Crippen LogP contribution in [0.3, 0.4) is 0 Å². The van der Waals surface area contributed by atoms with E-state index in [4.69, 9.17) is 15.6 Å². The molecule has 13 heteroatoms. The van der Waals surface area contributed by atoms with Gasteiger partial charge in [0, 0.05) is 37.2 Å². The van der Waals surface area contributed by atoms with Gasteiger partial charge < -0.3 is 20.7 Å². The summed E-state index contributed by atoms with van der Waals surface area (Å²) in [4.78, 5) is 61.2. The molecular formula is C45H48N8O5. The van der Waals surface area contributed by atoms with E-state index in [0.29, 0.717) is 28.6 Å². The van der Waals surface area contributed by atoms with Gasteiger partial charge in [0.15, 0.2) is 11.4 Å². The first kappa shape index (κ1) is 37.6. The second-order valence-corrected chi connectivity index (χ2v) is 16.8. The Morgan fingerprint density at radius 2 is 1.67 bits per heavy atom. The number of benzene rings is 3. The van der Waals surface area contributed by atoms with Gasteiger partial charge in [-0.15, -0.1) is 0 Å². The van der Waals surface area contributed by atoms with Gasteiger partial charge in [0.2, 0.25) is 11.8 Å². The van der Waals surface area contributed by atoms with Crippen molar-refractivity contribution in [3.8, 4) is 22.8 Å². The number of rotatable bonds is 10. The van der Waals surface area contributed by atoms with Crippen molar-refractivity contribution >= 4 is 40.4 Å². The number of Topliss-reactive ketones (excluding diaryl/α,β-unsaturated/α-hetero) is 1. The number of nitrogens with two attached hydrogens (primary N) is 1. The van der Waals surface area contributed by atoms with Gasteiger partial charge in [-0.25, -0.2) is 14.6 Å². The predicted molar refractivity (Wildman–Crippen MR) is 218 cm³/mol. The minimum absolute atomic E-state index is 0.165. The van der Waals surface area contributed by atoms with Crippen LogP contribution in [-0.4, -0.2) is 73.8 Å². The highest BCUT2D eigenvalue weighted by molar-refractivity contribution is 6.09. The highest BCUT2D eigenvalue weighted by Gasteiger charge is 2.46. The van der Waals surface area contributed by atoms with E-state index in [2.05, 4.69) is 30.2 Å². The van der Waals surface area contributed by atoms with Crippen LogP contribution in [-0.2, 0) is 9.59 Å². The number of likely N-dealkylation sites (tertiary alicyclic amines) is 1. The summed E-state index contributed by atoms with van der Waals surface area (Å²) in [7, 11) is 0. The SMILES string of the molecule is CC(=O)c1cc(C2CCC(CN3CC4(CCC(n5nc(-c6ccc(Oc7ccccc7)cc6)c6c(N)ncnc65)CC4)C3)C2)ccc1C(=O)N[C@H]1CCC(=O)NC1=O. The molecule has 2 saturated carbocycles. The molecule has 2 saturated heterocycles. The molecule has 13 nitrogen and oxygen atoms in total. The molecule has 4 N–H and O–H groups in total. The second-order valence-electron chi connectivity index (χ2n) is 16.8. The number of ether oxygens (including phenoxy) is 1. The van der Waals surface area contributed by atoms with Gasteiger partial charge in [-0.2, -0.15) is 5.10 Å². The van der Waals surface area contributed by atoms with Gasteiger partial charge in [0.1, 0.15) is 35.4 Å². The molecule has 58 heavy (non-hydrogen) atoms. The monoisotopic (exact) mass is 780 g/mol. The smallest absolute Gasteiger partial charge is 0.252 e. The number of para-hydroxylation sites is 1. The third-order valence-electron chi connectivity index (χ3n) is 12.8. The van der Waals surface area contributed by atoms with E-state index in [1.807, 2.05) is 66.7 Å². The lowest BCUT2D eigenvalue weighted by Crippen LogP contribution is -2.58. The number of anilines is 1. The Hall–Kier alpha value is -5.95. The fourth-order valence-corrected chi connectivity index (χ4v) is 9.85. The number of aromatic nitrogens is 4. The van der Waals surface area contributed by atoms with Crippen LogP contribution < -0.4 is 21.1 Å². The molecule has 9 rings (SSSR count). The first-order valence-electron chi connectivity index (χ1n) is 20.5. The molecule has 5 aromatic rings. The first-order valence-corrected chi connectivity index (χ1v) is 20.5. The summed E-state index contributed by atoms with van der Waals surface area (Å²) in [5.74, 6) is 1.33. The highest BCUT2D eigenvalue weighted by atomic mass is 16.5.